The molecule has 3 aromatic rings. The van der Waals surface area contributed by atoms with Crippen LogP contribution in [0.2, 0.25) is 0 Å². The second kappa shape index (κ2) is 10.0. The van der Waals surface area contributed by atoms with Crippen molar-refractivity contribution in [2.75, 3.05) is 42.6 Å². The molecule has 168 valence electrons. The number of hydrogen-bond donors (Lipinski definition) is 2. The van der Waals surface area contributed by atoms with Crippen molar-refractivity contribution in [1.29, 1.82) is 0 Å². The number of nitrogens with zero attached hydrogens (tertiary/aromatic N) is 4. The highest BCUT2D eigenvalue weighted by Crippen LogP contribution is 2.31. The number of ether oxygens (including phenoxy) is 1. The van der Waals surface area contributed by atoms with E-state index in [0.29, 0.717) is 12.1 Å². The van der Waals surface area contributed by atoms with Crippen molar-refractivity contribution in [3.05, 3.63) is 43.0 Å². The van der Waals surface area contributed by atoms with E-state index >= 15 is 0 Å². The van der Waals surface area contributed by atoms with Crippen molar-refractivity contribution in [1.82, 2.24) is 19.9 Å². The predicted molar refractivity (Wildman–Crippen MR) is 132 cm³/mol. The molecular weight excluding hydrogens is 420 g/mol. The summed E-state index contributed by atoms with van der Waals surface area (Å²) in [6.07, 6.45) is 12.2. The molecule has 2 aromatic heterocycles. The molecule has 1 aliphatic carbocycles. The lowest BCUT2D eigenvalue weighted by Gasteiger charge is -2.39. The molecule has 2 fully saturated rings. The minimum Gasteiger partial charge on any atom is -0.379 e. The average Bonchev–Trinajstić information content (AvgIpc) is 2.85. The normalized spacial score (nSPS) is 22.0. The number of benzene rings is 1. The number of anilines is 2. The van der Waals surface area contributed by atoms with Crippen LogP contribution in [0.3, 0.4) is 0 Å². The quantitative estimate of drug-likeness (QED) is 0.534. The first-order valence-corrected chi connectivity index (χ1v) is 12.6. The van der Waals surface area contributed by atoms with Crippen molar-refractivity contribution >= 4 is 34.4 Å². The van der Waals surface area contributed by atoms with Gasteiger partial charge in [-0.1, -0.05) is 18.0 Å². The molecule has 5 rings (SSSR count). The van der Waals surface area contributed by atoms with Crippen molar-refractivity contribution < 1.29 is 4.74 Å². The highest BCUT2D eigenvalue weighted by atomic mass is 32.2. The summed E-state index contributed by atoms with van der Waals surface area (Å²) in [6.45, 7) is 3.90. The molecule has 0 bridgehead atoms. The van der Waals surface area contributed by atoms with Crippen LogP contribution in [0.15, 0.2) is 43.0 Å². The molecule has 7 nitrogen and oxygen atoms in total. The predicted octanol–water partition coefficient (Wildman–Crippen LogP) is 4.44. The summed E-state index contributed by atoms with van der Waals surface area (Å²) in [5.41, 5.74) is 4.14. The molecule has 0 spiro atoms. The second-order valence-electron chi connectivity index (χ2n) is 8.52. The number of nitrogens with one attached hydrogen (secondary N) is 2. The highest BCUT2D eigenvalue weighted by Gasteiger charge is 2.27. The van der Waals surface area contributed by atoms with Gasteiger partial charge in [0.2, 0.25) is 0 Å². The molecule has 0 radical (unpaired) electrons. The minimum atomic E-state index is 0.449. The summed E-state index contributed by atoms with van der Waals surface area (Å²) >= 11 is 1.56. The molecule has 8 heteroatoms. The first-order valence-electron chi connectivity index (χ1n) is 11.4. The average molecular weight is 451 g/mol. The van der Waals surface area contributed by atoms with E-state index in [9.17, 15) is 0 Å². The summed E-state index contributed by atoms with van der Waals surface area (Å²) in [6, 6.07) is 9.62. The summed E-state index contributed by atoms with van der Waals surface area (Å²) < 4.78 is 8.77. The van der Waals surface area contributed by atoms with Gasteiger partial charge in [-0.3, -0.25) is 9.88 Å². The van der Waals surface area contributed by atoms with Gasteiger partial charge in [-0.15, -0.1) is 0 Å². The monoisotopic (exact) mass is 450 g/mol. The van der Waals surface area contributed by atoms with Gasteiger partial charge in [0.1, 0.15) is 12.1 Å². The van der Waals surface area contributed by atoms with Crippen LogP contribution in [0.25, 0.3) is 22.0 Å². The van der Waals surface area contributed by atoms with Crippen LogP contribution in [0.4, 0.5) is 11.5 Å². The van der Waals surface area contributed by atoms with E-state index < -0.39 is 0 Å². The van der Waals surface area contributed by atoms with Crippen LogP contribution in [0, 0.1) is 0 Å². The van der Waals surface area contributed by atoms with Gasteiger partial charge in [-0.05, 0) is 49.4 Å². The summed E-state index contributed by atoms with van der Waals surface area (Å²) in [5, 5.41) is 4.79. The van der Waals surface area contributed by atoms with E-state index in [4.69, 9.17) is 4.74 Å². The Hall–Kier alpha value is -2.42. The van der Waals surface area contributed by atoms with Gasteiger partial charge in [0.05, 0.1) is 30.6 Å². The Balaban J connectivity index is 1.32. The lowest BCUT2D eigenvalue weighted by Crippen LogP contribution is -2.46. The largest absolute Gasteiger partial charge is 0.379 e. The maximum absolute atomic E-state index is 5.52. The van der Waals surface area contributed by atoms with Gasteiger partial charge in [0.15, 0.2) is 0 Å². The number of aromatic nitrogens is 3. The smallest absolute Gasteiger partial charge is 0.137 e. The third-order valence-corrected chi connectivity index (χ3v) is 6.97. The Labute approximate surface area is 193 Å². The van der Waals surface area contributed by atoms with Gasteiger partial charge in [-0.2, -0.15) is 0 Å². The maximum atomic E-state index is 5.52. The summed E-state index contributed by atoms with van der Waals surface area (Å²) in [4.78, 5) is 16.1. The Morgan fingerprint density at radius 3 is 2.66 bits per heavy atom. The van der Waals surface area contributed by atoms with Crippen LogP contribution in [-0.4, -0.2) is 64.5 Å². The van der Waals surface area contributed by atoms with E-state index in [0.717, 1.165) is 59.8 Å². The van der Waals surface area contributed by atoms with Gasteiger partial charge in [0.25, 0.3) is 0 Å². The SMILES string of the molecule is CSNc1cncc(-c2ccc3ncnc(NC4CCC(N5CCOCC5)CC4)c3c2)c1. The minimum absolute atomic E-state index is 0.449. The fourth-order valence-electron chi connectivity index (χ4n) is 4.84. The van der Waals surface area contributed by atoms with Crippen molar-refractivity contribution in [3.63, 3.8) is 0 Å². The van der Waals surface area contributed by atoms with Crippen LogP contribution in [0.1, 0.15) is 25.7 Å². The van der Waals surface area contributed by atoms with Crippen LogP contribution < -0.4 is 10.0 Å². The van der Waals surface area contributed by atoms with Gasteiger partial charge in [-0.25, -0.2) is 9.97 Å². The summed E-state index contributed by atoms with van der Waals surface area (Å²) in [7, 11) is 0. The lowest BCUT2D eigenvalue weighted by molar-refractivity contribution is 0.00791. The number of pyridine rings is 1. The number of hydrogen-bond acceptors (Lipinski definition) is 8. The Morgan fingerprint density at radius 1 is 1.00 bits per heavy atom. The number of rotatable bonds is 6. The fraction of sp³-hybridized carbons (Fsp3) is 0.458. The molecule has 1 aromatic carbocycles. The second-order valence-corrected chi connectivity index (χ2v) is 9.13. The molecule has 3 heterocycles. The van der Waals surface area contributed by atoms with Gasteiger partial charge >= 0.3 is 0 Å². The van der Waals surface area contributed by atoms with Gasteiger partial charge in [0, 0.05) is 48.6 Å². The van der Waals surface area contributed by atoms with E-state index in [1.54, 1.807) is 18.3 Å². The molecule has 2 N–H and O–H groups in total. The Morgan fingerprint density at radius 2 is 1.84 bits per heavy atom. The molecule has 1 aliphatic heterocycles. The zero-order chi connectivity index (χ0) is 21.8. The van der Waals surface area contributed by atoms with Crippen LogP contribution >= 0.6 is 11.9 Å². The molecule has 1 saturated carbocycles. The zero-order valence-electron chi connectivity index (χ0n) is 18.5. The molecule has 0 amide bonds. The molecule has 0 atom stereocenters. The molecule has 1 saturated heterocycles. The topological polar surface area (TPSA) is 75.2 Å². The molecule has 32 heavy (non-hydrogen) atoms. The highest BCUT2D eigenvalue weighted by molar-refractivity contribution is 7.99. The fourth-order valence-corrected chi connectivity index (χ4v) is 5.19. The van der Waals surface area contributed by atoms with E-state index in [1.165, 1.54) is 25.7 Å². The van der Waals surface area contributed by atoms with Gasteiger partial charge < -0.3 is 14.8 Å². The molecule has 0 unspecified atom stereocenters. The Bertz CT molecular complexity index is 1050. The maximum Gasteiger partial charge on any atom is 0.137 e. The first kappa shape index (κ1) is 21.4. The van der Waals surface area contributed by atoms with Crippen LogP contribution in [0.5, 0.6) is 0 Å². The van der Waals surface area contributed by atoms with E-state index in [-0.39, 0.29) is 0 Å². The summed E-state index contributed by atoms with van der Waals surface area (Å²) in [5.74, 6) is 0.929. The first-order chi connectivity index (χ1) is 15.8. The molecular formula is C24H30N6OS. The van der Waals surface area contributed by atoms with Crippen molar-refractivity contribution in [3.8, 4) is 11.1 Å². The third kappa shape index (κ3) is 4.82. The van der Waals surface area contributed by atoms with E-state index in [2.05, 4.69) is 54.2 Å². The van der Waals surface area contributed by atoms with Crippen LogP contribution in [-0.2, 0) is 4.74 Å². The zero-order valence-corrected chi connectivity index (χ0v) is 19.3. The standard InChI is InChI=1S/C24H30N6OS/c1-32-29-20-12-18(14-25-15-20)17-2-7-23-22(13-17)24(27-16-26-23)28-19-3-5-21(6-4-19)30-8-10-31-11-9-30/h2,7,12-16,19,21,29H,3-6,8-11H2,1H3,(H,26,27,28). The van der Waals surface area contributed by atoms with Crippen molar-refractivity contribution in [2.24, 2.45) is 0 Å². The Kier molecular flexibility index (Phi) is 6.71. The lowest BCUT2D eigenvalue weighted by atomic mass is 9.90. The van der Waals surface area contributed by atoms with Crippen molar-refractivity contribution in [2.45, 2.75) is 37.8 Å². The number of morpholine rings is 1. The van der Waals surface area contributed by atoms with E-state index in [1.807, 2.05) is 18.6 Å². The number of fused-ring (bicyclic) bond motifs is 1. The third-order valence-electron chi connectivity index (χ3n) is 6.53. The molecule has 2 aliphatic rings.